The van der Waals surface area contributed by atoms with Gasteiger partial charge in [-0.25, -0.2) is 0 Å². The summed E-state index contributed by atoms with van der Waals surface area (Å²) in [6.07, 6.45) is -1.30. The Hall–Kier alpha value is -3.32. The van der Waals surface area contributed by atoms with Crippen LogP contribution in [0.15, 0.2) is 121 Å². The van der Waals surface area contributed by atoms with E-state index in [2.05, 4.69) is 48.5 Å². The summed E-state index contributed by atoms with van der Waals surface area (Å²) in [5.74, 6) is 0. The van der Waals surface area contributed by atoms with E-state index in [0.717, 1.165) is 22.3 Å². The van der Waals surface area contributed by atoms with E-state index in [1.807, 2.05) is 72.8 Å². The molecular formula is C34H36O5. The second kappa shape index (κ2) is 14.7. The van der Waals surface area contributed by atoms with Crippen LogP contribution < -0.4 is 0 Å². The highest BCUT2D eigenvalue weighted by atomic mass is 16.6. The molecule has 0 saturated carbocycles. The molecule has 0 aliphatic carbocycles. The highest BCUT2D eigenvalue weighted by molar-refractivity contribution is 5.16. The zero-order valence-corrected chi connectivity index (χ0v) is 22.1. The summed E-state index contributed by atoms with van der Waals surface area (Å²) >= 11 is 0. The lowest BCUT2D eigenvalue weighted by Gasteiger charge is -2.42. The van der Waals surface area contributed by atoms with Gasteiger partial charge in [-0.2, -0.15) is 0 Å². The standard InChI is InChI=1S/C34H36O5/c1-5-13-27(14-6-1)21-35-25-31-33(38-23-29-17-9-3-10-18-29)34(39-24-30-19-11-4-12-20-30)32(26-37-31)36-22-28-15-7-2-8-16-28/h1-20,31-34H,21-26H2/t31-,32-,33-,34+/m1/s1. The van der Waals surface area contributed by atoms with E-state index in [9.17, 15) is 0 Å². The number of hydrogen-bond acceptors (Lipinski definition) is 5. The molecule has 5 rings (SSSR count). The summed E-state index contributed by atoms with van der Waals surface area (Å²) in [5.41, 5.74) is 4.42. The highest BCUT2D eigenvalue weighted by Crippen LogP contribution is 2.27. The van der Waals surface area contributed by atoms with Gasteiger partial charge in [0.05, 0.1) is 39.6 Å². The average molecular weight is 525 g/mol. The third kappa shape index (κ3) is 8.33. The van der Waals surface area contributed by atoms with Gasteiger partial charge in [-0.15, -0.1) is 0 Å². The predicted molar refractivity (Wildman–Crippen MR) is 151 cm³/mol. The van der Waals surface area contributed by atoms with Crippen LogP contribution in [0.5, 0.6) is 0 Å². The average Bonchev–Trinajstić information content (AvgIpc) is 3.00. The van der Waals surface area contributed by atoms with Crippen molar-refractivity contribution in [3.05, 3.63) is 144 Å². The van der Waals surface area contributed by atoms with Crippen molar-refractivity contribution in [2.75, 3.05) is 13.2 Å². The number of ether oxygens (including phenoxy) is 5. The Kier molecular flexibility index (Phi) is 10.3. The molecule has 0 radical (unpaired) electrons. The molecular weight excluding hydrogens is 488 g/mol. The summed E-state index contributed by atoms with van der Waals surface area (Å²) in [6, 6.07) is 40.7. The molecule has 1 saturated heterocycles. The van der Waals surface area contributed by atoms with Gasteiger partial charge in [0, 0.05) is 0 Å². The van der Waals surface area contributed by atoms with Gasteiger partial charge in [-0.05, 0) is 22.3 Å². The molecule has 4 aromatic rings. The SMILES string of the molecule is c1ccc(COC[C@H]2OC[C@@H](OCc3ccccc3)[C@H](OCc3ccccc3)[C@@H]2OCc2ccccc2)cc1. The molecule has 0 N–H and O–H groups in total. The minimum atomic E-state index is -0.376. The van der Waals surface area contributed by atoms with Crippen LogP contribution in [0.3, 0.4) is 0 Å². The Morgan fingerprint density at radius 2 is 0.897 bits per heavy atom. The fourth-order valence-corrected chi connectivity index (χ4v) is 4.70. The van der Waals surface area contributed by atoms with Crippen molar-refractivity contribution in [2.45, 2.75) is 50.8 Å². The van der Waals surface area contributed by atoms with Crippen molar-refractivity contribution in [3.63, 3.8) is 0 Å². The molecule has 0 amide bonds. The number of hydrogen-bond donors (Lipinski definition) is 0. The third-order valence-electron chi connectivity index (χ3n) is 6.80. The van der Waals surface area contributed by atoms with Gasteiger partial charge < -0.3 is 23.7 Å². The highest BCUT2D eigenvalue weighted by Gasteiger charge is 2.43. The van der Waals surface area contributed by atoms with Crippen molar-refractivity contribution in [1.82, 2.24) is 0 Å². The lowest BCUT2D eigenvalue weighted by Crippen LogP contribution is -2.57. The zero-order valence-electron chi connectivity index (χ0n) is 22.1. The lowest BCUT2D eigenvalue weighted by molar-refractivity contribution is -0.246. The summed E-state index contributed by atoms with van der Waals surface area (Å²) in [6.45, 7) is 2.68. The maximum absolute atomic E-state index is 6.58. The van der Waals surface area contributed by atoms with Crippen molar-refractivity contribution in [1.29, 1.82) is 0 Å². The second-order valence-corrected chi connectivity index (χ2v) is 9.73. The molecule has 1 aliphatic rings. The van der Waals surface area contributed by atoms with Gasteiger partial charge in [0.25, 0.3) is 0 Å². The first-order valence-corrected chi connectivity index (χ1v) is 13.5. The van der Waals surface area contributed by atoms with Crippen LogP contribution in [0.4, 0.5) is 0 Å². The fraction of sp³-hybridized carbons (Fsp3) is 0.294. The first-order chi connectivity index (χ1) is 19.3. The van der Waals surface area contributed by atoms with Gasteiger partial charge in [0.2, 0.25) is 0 Å². The molecule has 4 aromatic carbocycles. The van der Waals surface area contributed by atoms with Gasteiger partial charge in [-0.1, -0.05) is 121 Å². The smallest absolute Gasteiger partial charge is 0.115 e. The van der Waals surface area contributed by atoms with Crippen molar-refractivity contribution >= 4 is 0 Å². The Morgan fingerprint density at radius 1 is 0.487 bits per heavy atom. The van der Waals surface area contributed by atoms with Crippen LogP contribution in [0.1, 0.15) is 22.3 Å². The predicted octanol–water partition coefficient (Wildman–Crippen LogP) is 6.36. The van der Waals surface area contributed by atoms with E-state index in [-0.39, 0.29) is 24.4 Å². The zero-order chi connectivity index (χ0) is 26.5. The Morgan fingerprint density at radius 3 is 1.38 bits per heavy atom. The molecule has 1 fully saturated rings. The maximum Gasteiger partial charge on any atom is 0.115 e. The molecule has 5 heteroatoms. The van der Waals surface area contributed by atoms with Crippen molar-refractivity contribution in [3.8, 4) is 0 Å². The van der Waals surface area contributed by atoms with Gasteiger partial charge in [0.15, 0.2) is 0 Å². The Labute approximate surface area is 231 Å². The van der Waals surface area contributed by atoms with Crippen LogP contribution in [0, 0.1) is 0 Å². The third-order valence-corrected chi connectivity index (χ3v) is 6.80. The summed E-state index contributed by atoms with van der Waals surface area (Å²) < 4.78 is 32.0. The molecule has 1 heterocycles. The van der Waals surface area contributed by atoms with E-state index in [0.29, 0.717) is 39.6 Å². The van der Waals surface area contributed by atoms with Crippen LogP contribution in [-0.4, -0.2) is 37.6 Å². The monoisotopic (exact) mass is 524 g/mol. The van der Waals surface area contributed by atoms with Gasteiger partial charge in [0.1, 0.15) is 24.4 Å². The molecule has 0 aromatic heterocycles. The van der Waals surface area contributed by atoms with Crippen LogP contribution in [0.25, 0.3) is 0 Å². The van der Waals surface area contributed by atoms with Crippen molar-refractivity contribution < 1.29 is 23.7 Å². The van der Waals surface area contributed by atoms with Gasteiger partial charge >= 0.3 is 0 Å². The first kappa shape index (κ1) is 27.3. The van der Waals surface area contributed by atoms with Crippen molar-refractivity contribution in [2.24, 2.45) is 0 Å². The fourth-order valence-electron chi connectivity index (χ4n) is 4.70. The van der Waals surface area contributed by atoms with Crippen LogP contribution in [0.2, 0.25) is 0 Å². The van der Waals surface area contributed by atoms with Gasteiger partial charge in [-0.3, -0.25) is 0 Å². The molecule has 4 atom stereocenters. The molecule has 5 nitrogen and oxygen atoms in total. The molecule has 39 heavy (non-hydrogen) atoms. The maximum atomic E-state index is 6.58. The molecule has 0 unspecified atom stereocenters. The van der Waals surface area contributed by atoms with E-state index in [1.54, 1.807) is 0 Å². The first-order valence-electron chi connectivity index (χ1n) is 13.5. The van der Waals surface area contributed by atoms with E-state index in [4.69, 9.17) is 23.7 Å². The van der Waals surface area contributed by atoms with E-state index >= 15 is 0 Å². The second-order valence-electron chi connectivity index (χ2n) is 9.73. The minimum absolute atomic E-state index is 0.292. The molecule has 0 spiro atoms. The Balaban J connectivity index is 1.32. The normalized spacial score (nSPS) is 21.0. The topological polar surface area (TPSA) is 46.2 Å². The minimum Gasteiger partial charge on any atom is -0.374 e. The summed E-state index contributed by atoms with van der Waals surface area (Å²) in [4.78, 5) is 0. The van der Waals surface area contributed by atoms with Crippen LogP contribution in [-0.2, 0) is 50.1 Å². The molecule has 1 aliphatic heterocycles. The summed E-state index contributed by atoms with van der Waals surface area (Å²) in [7, 11) is 0. The molecule has 0 bridgehead atoms. The van der Waals surface area contributed by atoms with E-state index in [1.165, 1.54) is 0 Å². The Bertz CT molecular complexity index is 1200. The van der Waals surface area contributed by atoms with E-state index < -0.39 is 0 Å². The summed E-state index contributed by atoms with van der Waals surface area (Å²) in [5, 5.41) is 0. The lowest BCUT2D eigenvalue weighted by atomic mass is 9.99. The van der Waals surface area contributed by atoms with Crippen LogP contribution >= 0.6 is 0 Å². The number of benzene rings is 4. The molecule has 202 valence electrons. The largest absolute Gasteiger partial charge is 0.374 e. The quantitative estimate of drug-likeness (QED) is 0.204. The number of rotatable bonds is 13.